The van der Waals surface area contributed by atoms with Gasteiger partial charge in [0.1, 0.15) is 10.7 Å². The number of nitrogen functional groups attached to an aromatic ring is 1. The van der Waals surface area contributed by atoms with Crippen molar-refractivity contribution in [2.75, 3.05) is 5.73 Å². The SMILES string of the molecule is Nc1nc(-c2nc3ccncc3s2)cs1. The maximum Gasteiger partial charge on any atom is 0.180 e. The highest BCUT2D eigenvalue weighted by Crippen LogP contribution is 2.30. The second-order valence-electron chi connectivity index (χ2n) is 2.93. The van der Waals surface area contributed by atoms with Crippen LogP contribution in [-0.2, 0) is 0 Å². The smallest absolute Gasteiger partial charge is 0.180 e. The monoisotopic (exact) mass is 234 g/mol. The Morgan fingerprint density at radius 3 is 2.93 bits per heavy atom. The van der Waals surface area contributed by atoms with E-state index in [9.17, 15) is 0 Å². The summed E-state index contributed by atoms with van der Waals surface area (Å²) < 4.78 is 1.07. The number of anilines is 1. The maximum atomic E-state index is 5.58. The van der Waals surface area contributed by atoms with Crippen LogP contribution in [0.25, 0.3) is 20.9 Å². The van der Waals surface area contributed by atoms with Crippen LogP contribution in [0.4, 0.5) is 5.13 Å². The summed E-state index contributed by atoms with van der Waals surface area (Å²) in [5, 5.41) is 3.38. The molecule has 0 fully saturated rings. The van der Waals surface area contributed by atoms with Gasteiger partial charge in [0.25, 0.3) is 0 Å². The Bertz CT molecular complexity index is 580. The fraction of sp³-hybridized carbons (Fsp3) is 0. The molecule has 0 saturated heterocycles. The van der Waals surface area contributed by atoms with Crippen molar-refractivity contribution in [1.82, 2.24) is 15.0 Å². The molecule has 0 atom stereocenters. The normalized spacial score (nSPS) is 10.9. The number of hydrogen-bond donors (Lipinski definition) is 1. The lowest BCUT2D eigenvalue weighted by Crippen LogP contribution is -1.81. The molecular formula is C9H6N4S2. The number of nitrogens with two attached hydrogens (primary N) is 1. The molecule has 74 valence electrons. The molecule has 0 aliphatic heterocycles. The zero-order valence-corrected chi connectivity index (χ0v) is 9.18. The van der Waals surface area contributed by atoms with Gasteiger partial charge >= 0.3 is 0 Å². The van der Waals surface area contributed by atoms with E-state index in [4.69, 9.17) is 5.73 Å². The zero-order chi connectivity index (χ0) is 10.3. The van der Waals surface area contributed by atoms with Crippen LogP contribution in [0.15, 0.2) is 23.8 Å². The second-order valence-corrected chi connectivity index (χ2v) is 4.85. The van der Waals surface area contributed by atoms with Crippen molar-refractivity contribution in [2.45, 2.75) is 0 Å². The van der Waals surface area contributed by atoms with Crippen molar-refractivity contribution in [2.24, 2.45) is 0 Å². The summed E-state index contributed by atoms with van der Waals surface area (Å²) in [6, 6.07) is 1.89. The third kappa shape index (κ3) is 1.47. The molecule has 6 heteroatoms. The van der Waals surface area contributed by atoms with Crippen LogP contribution in [0.3, 0.4) is 0 Å². The lowest BCUT2D eigenvalue weighted by Gasteiger charge is -1.84. The fourth-order valence-corrected chi connectivity index (χ4v) is 2.79. The molecule has 3 heterocycles. The molecule has 0 unspecified atom stereocenters. The van der Waals surface area contributed by atoms with Gasteiger partial charge in [0.2, 0.25) is 0 Å². The minimum absolute atomic E-state index is 0.572. The highest BCUT2D eigenvalue weighted by Gasteiger charge is 2.08. The van der Waals surface area contributed by atoms with Gasteiger partial charge in [-0.05, 0) is 6.07 Å². The van der Waals surface area contributed by atoms with Gasteiger partial charge in [0.05, 0.1) is 10.2 Å². The molecule has 0 aliphatic carbocycles. The standard InChI is InChI=1S/C9H6N4S2/c10-9-13-6(4-14-9)8-12-5-1-2-11-3-7(5)15-8/h1-4H,(H2,10,13). The number of pyridine rings is 1. The second kappa shape index (κ2) is 3.25. The Morgan fingerprint density at radius 1 is 1.27 bits per heavy atom. The van der Waals surface area contributed by atoms with Gasteiger partial charge in [-0.25, -0.2) is 9.97 Å². The largest absolute Gasteiger partial charge is 0.375 e. The highest BCUT2D eigenvalue weighted by molar-refractivity contribution is 7.22. The topological polar surface area (TPSA) is 64.7 Å². The Kier molecular flexibility index (Phi) is 1.90. The minimum atomic E-state index is 0.572. The van der Waals surface area contributed by atoms with Crippen molar-refractivity contribution in [1.29, 1.82) is 0 Å². The van der Waals surface area contributed by atoms with Crippen LogP contribution >= 0.6 is 22.7 Å². The lowest BCUT2D eigenvalue weighted by atomic mass is 10.4. The van der Waals surface area contributed by atoms with E-state index in [1.54, 1.807) is 17.5 Å². The van der Waals surface area contributed by atoms with Crippen molar-refractivity contribution in [3.8, 4) is 10.7 Å². The Morgan fingerprint density at radius 2 is 2.20 bits per heavy atom. The van der Waals surface area contributed by atoms with Gasteiger partial charge in [0, 0.05) is 17.8 Å². The van der Waals surface area contributed by atoms with E-state index in [0.717, 1.165) is 20.9 Å². The molecule has 2 N–H and O–H groups in total. The Hall–Kier alpha value is -1.53. The molecule has 0 spiro atoms. The molecule has 3 aromatic rings. The molecule has 4 nitrogen and oxygen atoms in total. The molecule has 15 heavy (non-hydrogen) atoms. The molecule has 0 amide bonds. The zero-order valence-electron chi connectivity index (χ0n) is 7.54. The average Bonchev–Trinajstić information content (AvgIpc) is 2.82. The molecule has 0 bridgehead atoms. The molecule has 0 aliphatic rings. The van der Waals surface area contributed by atoms with Gasteiger partial charge in [0.15, 0.2) is 5.13 Å². The highest BCUT2D eigenvalue weighted by atomic mass is 32.1. The maximum absolute atomic E-state index is 5.58. The molecule has 3 aromatic heterocycles. The van der Waals surface area contributed by atoms with Crippen LogP contribution < -0.4 is 5.73 Å². The molecule has 0 saturated carbocycles. The predicted molar refractivity (Wildman–Crippen MR) is 62.9 cm³/mol. The van der Waals surface area contributed by atoms with Gasteiger partial charge in [-0.3, -0.25) is 4.98 Å². The summed E-state index contributed by atoms with van der Waals surface area (Å²) in [6.45, 7) is 0. The Balaban J connectivity index is 2.19. The summed E-state index contributed by atoms with van der Waals surface area (Å²) in [7, 11) is 0. The number of nitrogens with zero attached hydrogens (tertiary/aromatic N) is 3. The van der Waals surface area contributed by atoms with E-state index in [2.05, 4.69) is 15.0 Å². The summed E-state index contributed by atoms with van der Waals surface area (Å²) >= 11 is 3.01. The van der Waals surface area contributed by atoms with Crippen LogP contribution in [0.2, 0.25) is 0 Å². The van der Waals surface area contributed by atoms with E-state index in [1.807, 2.05) is 17.6 Å². The lowest BCUT2D eigenvalue weighted by molar-refractivity contribution is 1.34. The first-order valence-electron chi connectivity index (χ1n) is 4.25. The quantitative estimate of drug-likeness (QED) is 0.702. The van der Waals surface area contributed by atoms with Crippen molar-refractivity contribution in [3.63, 3.8) is 0 Å². The average molecular weight is 234 g/mol. The van der Waals surface area contributed by atoms with E-state index < -0.39 is 0 Å². The van der Waals surface area contributed by atoms with Crippen molar-refractivity contribution in [3.05, 3.63) is 23.8 Å². The molecular weight excluding hydrogens is 228 g/mol. The summed E-state index contributed by atoms with van der Waals surface area (Å²) in [6.07, 6.45) is 3.55. The summed E-state index contributed by atoms with van der Waals surface area (Å²) in [5.74, 6) is 0. The van der Waals surface area contributed by atoms with Crippen LogP contribution in [0, 0.1) is 0 Å². The first kappa shape index (κ1) is 8.75. The van der Waals surface area contributed by atoms with E-state index in [0.29, 0.717) is 5.13 Å². The van der Waals surface area contributed by atoms with Gasteiger partial charge in [-0.2, -0.15) is 0 Å². The van der Waals surface area contributed by atoms with Crippen LogP contribution in [0.1, 0.15) is 0 Å². The van der Waals surface area contributed by atoms with E-state index in [-0.39, 0.29) is 0 Å². The molecule has 0 radical (unpaired) electrons. The third-order valence-electron chi connectivity index (χ3n) is 1.93. The molecule has 0 aromatic carbocycles. The minimum Gasteiger partial charge on any atom is -0.375 e. The number of hydrogen-bond acceptors (Lipinski definition) is 6. The number of rotatable bonds is 1. The number of thiazole rings is 2. The molecule has 3 rings (SSSR count). The number of fused-ring (bicyclic) bond motifs is 1. The van der Waals surface area contributed by atoms with Crippen molar-refractivity contribution < 1.29 is 0 Å². The van der Waals surface area contributed by atoms with E-state index >= 15 is 0 Å². The van der Waals surface area contributed by atoms with Crippen LogP contribution in [-0.4, -0.2) is 15.0 Å². The summed E-state index contributed by atoms with van der Waals surface area (Å²) in [5.41, 5.74) is 7.38. The first-order chi connectivity index (χ1) is 7.33. The van der Waals surface area contributed by atoms with Crippen LogP contribution in [0.5, 0.6) is 0 Å². The number of aromatic nitrogens is 3. The Labute approximate surface area is 93.4 Å². The third-order valence-corrected chi connectivity index (χ3v) is 3.63. The predicted octanol–water partition coefficient (Wildman–Crippen LogP) is 2.40. The van der Waals surface area contributed by atoms with Gasteiger partial charge in [-0.1, -0.05) is 0 Å². The van der Waals surface area contributed by atoms with E-state index in [1.165, 1.54) is 11.3 Å². The van der Waals surface area contributed by atoms with Gasteiger partial charge in [-0.15, -0.1) is 22.7 Å². The van der Waals surface area contributed by atoms with Crippen molar-refractivity contribution >= 4 is 38.0 Å². The fourth-order valence-electron chi connectivity index (χ4n) is 1.28. The first-order valence-corrected chi connectivity index (χ1v) is 5.94. The summed E-state index contributed by atoms with van der Waals surface area (Å²) in [4.78, 5) is 12.7. The van der Waals surface area contributed by atoms with Gasteiger partial charge < -0.3 is 5.73 Å².